The van der Waals surface area contributed by atoms with Gasteiger partial charge in [-0.15, -0.1) is 10.2 Å². The van der Waals surface area contributed by atoms with Crippen LogP contribution in [0.4, 0.5) is 5.69 Å². The van der Waals surface area contributed by atoms with Crippen LogP contribution in [-0.4, -0.2) is 26.8 Å². The first-order chi connectivity index (χ1) is 14.2. The van der Waals surface area contributed by atoms with Gasteiger partial charge in [0.05, 0.1) is 5.69 Å². The van der Waals surface area contributed by atoms with Crippen LogP contribution in [0, 0.1) is 0 Å². The van der Waals surface area contributed by atoms with E-state index >= 15 is 0 Å². The molecule has 4 aromatic rings. The minimum absolute atomic E-state index is 0.228. The summed E-state index contributed by atoms with van der Waals surface area (Å²) in [4.78, 5) is 12.7. The van der Waals surface area contributed by atoms with Crippen molar-refractivity contribution in [1.29, 1.82) is 0 Å². The number of carbonyl (C=O) groups is 1. The second kappa shape index (κ2) is 8.39. The zero-order chi connectivity index (χ0) is 20.1. The van der Waals surface area contributed by atoms with Gasteiger partial charge in [0.1, 0.15) is 18.4 Å². The van der Waals surface area contributed by atoms with E-state index in [9.17, 15) is 4.79 Å². The maximum atomic E-state index is 12.7. The van der Waals surface area contributed by atoms with Crippen LogP contribution in [0.25, 0.3) is 16.8 Å². The number of rotatable bonds is 6. The van der Waals surface area contributed by atoms with E-state index in [2.05, 4.69) is 15.5 Å². The fourth-order valence-electron chi connectivity index (χ4n) is 2.99. The number of nitrogens with one attached hydrogen (secondary N) is 1. The number of benzene rings is 3. The predicted molar refractivity (Wildman–Crippen MR) is 112 cm³/mol. The minimum Gasteiger partial charge on any atom is -0.480 e. The molecule has 1 unspecified atom stereocenters. The van der Waals surface area contributed by atoms with Gasteiger partial charge in [-0.3, -0.25) is 9.36 Å². The Kier molecular flexibility index (Phi) is 5.33. The van der Waals surface area contributed by atoms with Crippen LogP contribution in [0.3, 0.4) is 0 Å². The first-order valence-corrected chi connectivity index (χ1v) is 9.28. The van der Waals surface area contributed by atoms with Gasteiger partial charge in [0.25, 0.3) is 5.91 Å². The lowest BCUT2D eigenvalue weighted by Gasteiger charge is -2.17. The van der Waals surface area contributed by atoms with Gasteiger partial charge >= 0.3 is 0 Å². The van der Waals surface area contributed by atoms with Crippen LogP contribution in [0.15, 0.2) is 91.5 Å². The van der Waals surface area contributed by atoms with Crippen LogP contribution in [0.1, 0.15) is 6.92 Å². The molecule has 6 nitrogen and oxygen atoms in total. The number of para-hydroxylation sites is 1. The molecule has 0 aliphatic carbocycles. The van der Waals surface area contributed by atoms with E-state index in [1.54, 1.807) is 24.1 Å². The highest BCUT2D eigenvalue weighted by Gasteiger charge is 2.17. The molecule has 0 saturated carbocycles. The van der Waals surface area contributed by atoms with Crippen molar-refractivity contribution in [2.24, 2.45) is 0 Å². The van der Waals surface area contributed by atoms with Gasteiger partial charge in [-0.05, 0) is 36.8 Å². The molecule has 144 valence electrons. The summed E-state index contributed by atoms with van der Waals surface area (Å²) in [5, 5.41) is 10.5. The molecule has 0 spiro atoms. The first kappa shape index (κ1) is 18.4. The third-order valence-corrected chi connectivity index (χ3v) is 4.48. The smallest absolute Gasteiger partial charge is 0.265 e. The van der Waals surface area contributed by atoms with Crippen LogP contribution < -0.4 is 10.1 Å². The van der Waals surface area contributed by atoms with Crippen molar-refractivity contribution in [3.05, 3.63) is 91.5 Å². The minimum atomic E-state index is -0.668. The highest BCUT2D eigenvalue weighted by atomic mass is 16.5. The van der Waals surface area contributed by atoms with Crippen LogP contribution in [0.5, 0.6) is 5.75 Å². The number of hydrogen-bond donors (Lipinski definition) is 1. The lowest BCUT2D eigenvalue weighted by molar-refractivity contribution is -0.122. The van der Waals surface area contributed by atoms with E-state index in [1.165, 1.54) is 0 Å². The molecule has 1 N–H and O–H groups in total. The molecule has 3 aromatic carbocycles. The van der Waals surface area contributed by atoms with Crippen molar-refractivity contribution in [1.82, 2.24) is 14.8 Å². The lowest BCUT2D eigenvalue weighted by atomic mass is 10.0. The van der Waals surface area contributed by atoms with E-state index in [1.807, 2.05) is 78.9 Å². The normalized spacial score (nSPS) is 11.6. The molecule has 1 aromatic heterocycles. The number of aromatic nitrogens is 3. The summed E-state index contributed by atoms with van der Waals surface area (Å²) in [6, 6.07) is 25.1. The number of hydrogen-bond acceptors (Lipinski definition) is 4. The van der Waals surface area contributed by atoms with E-state index in [-0.39, 0.29) is 5.91 Å². The lowest BCUT2D eigenvalue weighted by Crippen LogP contribution is -2.30. The summed E-state index contributed by atoms with van der Waals surface area (Å²) in [7, 11) is 0. The largest absolute Gasteiger partial charge is 0.480 e. The van der Waals surface area contributed by atoms with Crippen LogP contribution in [0.2, 0.25) is 0 Å². The van der Waals surface area contributed by atoms with Gasteiger partial charge in [-0.25, -0.2) is 0 Å². The topological polar surface area (TPSA) is 69.0 Å². The molecule has 6 heteroatoms. The van der Waals surface area contributed by atoms with Gasteiger partial charge in [0.15, 0.2) is 6.10 Å². The summed E-state index contributed by atoms with van der Waals surface area (Å²) in [5.41, 5.74) is 3.52. The molecular formula is C23H20N4O2. The van der Waals surface area contributed by atoms with E-state index in [4.69, 9.17) is 4.74 Å². The number of anilines is 1. The Bertz CT molecular complexity index is 1090. The summed E-state index contributed by atoms with van der Waals surface area (Å²) in [6.07, 6.45) is 2.54. The molecule has 1 amide bonds. The highest BCUT2D eigenvalue weighted by Crippen LogP contribution is 2.30. The number of ether oxygens (including phenoxy) is 1. The molecule has 0 aliphatic rings. The second-order valence-electron chi connectivity index (χ2n) is 6.53. The summed E-state index contributed by atoms with van der Waals surface area (Å²) in [5.74, 6) is 0.438. The quantitative estimate of drug-likeness (QED) is 0.537. The molecule has 1 atom stereocenters. The molecule has 4 rings (SSSR count). The molecule has 0 aliphatic heterocycles. The maximum Gasteiger partial charge on any atom is 0.265 e. The number of nitrogens with zero attached hydrogens (tertiary/aromatic N) is 3. The van der Waals surface area contributed by atoms with Gasteiger partial charge < -0.3 is 10.1 Å². The van der Waals surface area contributed by atoms with Crippen molar-refractivity contribution in [2.45, 2.75) is 13.0 Å². The Balaban J connectivity index is 1.48. The standard InChI is InChI=1S/C23H20N4O2/c1-17(29-22-13-6-5-12-21(22)18-8-3-2-4-9-18)23(28)26-19-10-7-11-20(14-19)27-15-24-25-16-27/h2-17H,1H3,(H,26,28). The molecule has 0 saturated heterocycles. The molecule has 29 heavy (non-hydrogen) atoms. The third-order valence-electron chi connectivity index (χ3n) is 4.48. The van der Waals surface area contributed by atoms with Crippen molar-refractivity contribution in [3.8, 4) is 22.6 Å². The van der Waals surface area contributed by atoms with Gasteiger partial charge in [-0.2, -0.15) is 0 Å². The first-order valence-electron chi connectivity index (χ1n) is 9.28. The molecular weight excluding hydrogens is 364 g/mol. The molecule has 0 bridgehead atoms. The Morgan fingerprint density at radius 1 is 0.931 bits per heavy atom. The zero-order valence-electron chi connectivity index (χ0n) is 15.9. The fraction of sp³-hybridized carbons (Fsp3) is 0.0870. The maximum absolute atomic E-state index is 12.7. The second-order valence-corrected chi connectivity index (χ2v) is 6.53. The van der Waals surface area contributed by atoms with Gasteiger partial charge in [0.2, 0.25) is 0 Å². The van der Waals surface area contributed by atoms with Crippen molar-refractivity contribution in [2.75, 3.05) is 5.32 Å². The third kappa shape index (κ3) is 4.32. The highest BCUT2D eigenvalue weighted by molar-refractivity contribution is 5.94. The zero-order valence-corrected chi connectivity index (χ0v) is 15.9. The van der Waals surface area contributed by atoms with Gasteiger partial charge in [-0.1, -0.05) is 54.6 Å². The Labute approximate surface area is 168 Å². The Morgan fingerprint density at radius 3 is 2.45 bits per heavy atom. The Hall–Kier alpha value is -3.93. The summed E-state index contributed by atoms with van der Waals surface area (Å²) >= 11 is 0. The van der Waals surface area contributed by atoms with Crippen LogP contribution >= 0.6 is 0 Å². The number of amides is 1. The van der Waals surface area contributed by atoms with E-state index < -0.39 is 6.10 Å². The average molecular weight is 384 g/mol. The molecule has 0 radical (unpaired) electrons. The molecule has 0 fully saturated rings. The Morgan fingerprint density at radius 2 is 1.66 bits per heavy atom. The van der Waals surface area contributed by atoms with Crippen molar-refractivity contribution >= 4 is 11.6 Å². The summed E-state index contributed by atoms with van der Waals surface area (Å²) < 4.78 is 7.77. The molecule has 1 heterocycles. The van der Waals surface area contributed by atoms with Crippen molar-refractivity contribution in [3.63, 3.8) is 0 Å². The van der Waals surface area contributed by atoms with E-state index in [0.717, 1.165) is 16.8 Å². The van der Waals surface area contributed by atoms with Crippen LogP contribution in [-0.2, 0) is 4.79 Å². The number of carbonyl (C=O) groups excluding carboxylic acids is 1. The van der Waals surface area contributed by atoms with E-state index in [0.29, 0.717) is 11.4 Å². The predicted octanol–water partition coefficient (Wildman–Crippen LogP) is 4.34. The average Bonchev–Trinajstić information content (AvgIpc) is 3.30. The van der Waals surface area contributed by atoms with Crippen molar-refractivity contribution < 1.29 is 9.53 Å². The summed E-state index contributed by atoms with van der Waals surface area (Å²) in [6.45, 7) is 1.74. The monoisotopic (exact) mass is 384 g/mol. The SMILES string of the molecule is CC(Oc1ccccc1-c1ccccc1)C(=O)Nc1cccc(-n2cnnc2)c1. The van der Waals surface area contributed by atoms with Gasteiger partial charge in [0, 0.05) is 11.3 Å². The fourth-order valence-corrected chi connectivity index (χ4v) is 2.99.